The number of ether oxygens (including phenoxy) is 2. The van der Waals surface area contributed by atoms with Crippen molar-refractivity contribution in [2.45, 2.75) is 33.3 Å². The largest absolute Gasteiger partial charge is 0.492 e. The minimum atomic E-state index is -0.474. The van der Waals surface area contributed by atoms with Gasteiger partial charge < -0.3 is 19.7 Å². The van der Waals surface area contributed by atoms with Crippen LogP contribution in [0.25, 0.3) is 0 Å². The molecule has 0 radical (unpaired) electrons. The molecular weight excluding hydrogens is 384 g/mol. The molecule has 7 nitrogen and oxygen atoms in total. The van der Waals surface area contributed by atoms with E-state index in [0.717, 1.165) is 0 Å². The molecule has 0 spiro atoms. The van der Waals surface area contributed by atoms with Crippen LogP contribution in [-0.2, 0) is 14.3 Å². The van der Waals surface area contributed by atoms with Gasteiger partial charge in [0.25, 0.3) is 0 Å². The van der Waals surface area contributed by atoms with Crippen molar-refractivity contribution < 1.29 is 23.9 Å². The number of nitrogens with one attached hydrogen (secondary N) is 1. The molecule has 7 heteroatoms. The molecule has 2 aromatic carbocycles. The number of benzene rings is 2. The summed E-state index contributed by atoms with van der Waals surface area (Å²) in [5, 5.41) is 2.82. The topological polar surface area (TPSA) is 84.9 Å². The van der Waals surface area contributed by atoms with Crippen molar-refractivity contribution in [3.63, 3.8) is 0 Å². The molecule has 1 N–H and O–H groups in total. The van der Waals surface area contributed by atoms with Crippen LogP contribution in [-0.4, -0.2) is 37.0 Å². The first kappa shape index (κ1) is 21.4. The molecule has 1 saturated heterocycles. The predicted octanol–water partition coefficient (Wildman–Crippen LogP) is 3.64. The number of para-hydroxylation sites is 2. The number of carbonyl (C=O) groups excluding carboxylic acids is 3. The molecule has 30 heavy (non-hydrogen) atoms. The Balaban J connectivity index is 1.64. The van der Waals surface area contributed by atoms with Crippen LogP contribution >= 0.6 is 0 Å². The fraction of sp³-hybridized carbons (Fsp3) is 0.348. The second-order valence-corrected chi connectivity index (χ2v) is 7.33. The van der Waals surface area contributed by atoms with E-state index in [0.29, 0.717) is 29.3 Å². The van der Waals surface area contributed by atoms with Gasteiger partial charge in [0.05, 0.1) is 29.9 Å². The van der Waals surface area contributed by atoms with Crippen LogP contribution in [0.1, 0.15) is 37.6 Å². The van der Waals surface area contributed by atoms with Crippen LogP contribution in [0.4, 0.5) is 11.4 Å². The van der Waals surface area contributed by atoms with Crippen molar-refractivity contribution in [1.82, 2.24) is 0 Å². The Kier molecular flexibility index (Phi) is 6.72. The summed E-state index contributed by atoms with van der Waals surface area (Å²) in [4.78, 5) is 38.8. The van der Waals surface area contributed by atoms with Crippen molar-refractivity contribution in [2.75, 3.05) is 23.4 Å². The monoisotopic (exact) mass is 410 g/mol. The average Bonchev–Trinajstić information content (AvgIpc) is 3.10. The summed E-state index contributed by atoms with van der Waals surface area (Å²) < 4.78 is 10.8. The van der Waals surface area contributed by atoms with Crippen molar-refractivity contribution in [1.29, 1.82) is 0 Å². The highest BCUT2D eigenvalue weighted by molar-refractivity contribution is 6.04. The molecule has 2 amide bonds. The summed E-state index contributed by atoms with van der Waals surface area (Å²) in [5.41, 5.74) is 1.64. The Morgan fingerprint density at radius 3 is 2.50 bits per heavy atom. The zero-order chi connectivity index (χ0) is 21.7. The third-order valence-electron chi connectivity index (χ3n) is 4.68. The molecule has 158 valence electrons. The zero-order valence-corrected chi connectivity index (χ0v) is 17.4. The van der Waals surface area contributed by atoms with E-state index < -0.39 is 11.9 Å². The normalized spacial score (nSPS) is 15.9. The summed E-state index contributed by atoms with van der Waals surface area (Å²) in [6, 6.07) is 13.8. The molecule has 1 fully saturated rings. The predicted molar refractivity (Wildman–Crippen MR) is 114 cm³/mol. The van der Waals surface area contributed by atoms with Gasteiger partial charge in [0.15, 0.2) is 0 Å². The van der Waals surface area contributed by atoms with Gasteiger partial charge in [-0.05, 0) is 57.2 Å². The summed E-state index contributed by atoms with van der Waals surface area (Å²) in [7, 11) is 0. The van der Waals surface area contributed by atoms with Crippen LogP contribution in [0.15, 0.2) is 48.5 Å². The van der Waals surface area contributed by atoms with Gasteiger partial charge in [0.2, 0.25) is 11.8 Å². The Bertz CT molecular complexity index is 923. The highest BCUT2D eigenvalue weighted by Crippen LogP contribution is 2.33. The van der Waals surface area contributed by atoms with Gasteiger partial charge in [0, 0.05) is 18.7 Å². The first-order valence-electron chi connectivity index (χ1n) is 10.0. The van der Waals surface area contributed by atoms with E-state index in [1.54, 1.807) is 43.0 Å². The first-order chi connectivity index (χ1) is 14.4. The van der Waals surface area contributed by atoms with Gasteiger partial charge >= 0.3 is 5.97 Å². The van der Waals surface area contributed by atoms with Crippen molar-refractivity contribution in [3.8, 4) is 5.75 Å². The second kappa shape index (κ2) is 9.43. The molecule has 0 aliphatic carbocycles. The molecule has 1 atom stereocenters. The van der Waals surface area contributed by atoms with E-state index in [1.807, 2.05) is 31.2 Å². The van der Waals surface area contributed by atoms with Crippen LogP contribution in [0.5, 0.6) is 5.75 Å². The zero-order valence-electron chi connectivity index (χ0n) is 17.4. The molecule has 0 saturated carbocycles. The van der Waals surface area contributed by atoms with E-state index in [1.165, 1.54) is 0 Å². The van der Waals surface area contributed by atoms with Gasteiger partial charge in [-0.2, -0.15) is 0 Å². The summed E-state index contributed by atoms with van der Waals surface area (Å²) in [5.74, 6) is -0.616. The number of hydrogen-bond donors (Lipinski definition) is 1. The molecule has 0 unspecified atom stereocenters. The van der Waals surface area contributed by atoms with Gasteiger partial charge in [-0.25, -0.2) is 4.79 Å². The maximum Gasteiger partial charge on any atom is 0.338 e. The van der Waals surface area contributed by atoms with Crippen LogP contribution in [0.2, 0.25) is 0 Å². The quantitative estimate of drug-likeness (QED) is 0.705. The molecule has 0 aromatic heterocycles. The lowest BCUT2D eigenvalue weighted by Gasteiger charge is -2.20. The number of rotatable bonds is 7. The Morgan fingerprint density at radius 1 is 1.13 bits per heavy atom. The fourth-order valence-electron chi connectivity index (χ4n) is 3.29. The molecule has 2 aromatic rings. The highest BCUT2D eigenvalue weighted by Gasteiger charge is 2.36. The van der Waals surface area contributed by atoms with E-state index in [9.17, 15) is 14.4 Å². The Labute approximate surface area is 176 Å². The number of anilines is 2. The lowest BCUT2D eigenvalue weighted by molar-refractivity contribution is -0.122. The van der Waals surface area contributed by atoms with Crippen molar-refractivity contribution >= 4 is 29.2 Å². The van der Waals surface area contributed by atoms with Crippen molar-refractivity contribution in [3.05, 3.63) is 54.1 Å². The number of carbonyl (C=O) groups is 3. The van der Waals surface area contributed by atoms with E-state index in [2.05, 4.69) is 5.32 Å². The number of esters is 1. The smallest absolute Gasteiger partial charge is 0.338 e. The Hall–Kier alpha value is -3.35. The Morgan fingerprint density at radius 2 is 1.83 bits per heavy atom. The summed E-state index contributed by atoms with van der Waals surface area (Å²) in [6.45, 7) is 6.22. The van der Waals surface area contributed by atoms with E-state index in [4.69, 9.17) is 9.47 Å². The second-order valence-electron chi connectivity index (χ2n) is 7.33. The van der Waals surface area contributed by atoms with Crippen molar-refractivity contribution in [2.24, 2.45) is 5.92 Å². The highest BCUT2D eigenvalue weighted by atomic mass is 16.5. The third kappa shape index (κ3) is 4.97. The first-order valence-corrected chi connectivity index (χ1v) is 10.0. The van der Waals surface area contributed by atoms with Gasteiger partial charge in [0.1, 0.15) is 5.75 Å². The minimum absolute atomic E-state index is 0.117. The average molecular weight is 410 g/mol. The molecule has 3 rings (SSSR count). The molecule has 0 bridgehead atoms. The van der Waals surface area contributed by atoms with E-state index in [-0.39, 0.29) is 30.9 Å². The van der Waals surface area contributed by atoms with Crippen LogP contribution in [0.3, 0.4) is 0 Å². The number of amides is 2. The van der Waals surface area contributed by atoms with Gasteiger partial charge in [-0.15, -0.1) is 0 Å². The standard InChI is InChI=1S/C23H26N2O5/c1-4-29-20-8-6-5-7-19(20)25-14-17(13-21(25)26)22(27)24-18-11-9-16(10-12-18)23(28)30-15(2)3/h5-12,15,17H,4,13-14H2,1-3H3,(H,24,27)/t17-/m1/s1. The van der Waals surface area contributed by atoms with Crippen LogP contribution in [0, 0.1) is 5.92 Å². The maximum atomic E-state index is 12.7. The van der Waals surface area contributed by atoms with Gasteiger partial charge in [-0.1, -0.05) is 12.1 Å². The molecular formula is C23H26N2O5. The number of nitrogens with zero attached hydrogens (tertiary/aromatic N) is 1. The number of hydrogen-bond acceptors (Lipinski definition) is 5. The van der Waals surface area contributed by atoms with Gasteiger partial charge in [-0.3, -0.25) is 9.59 Å². The lowest BCUT2D eigenvalue weighted by atomic mass is 10.1. The summed E-state index contributed by atoms with van der Waals surface area (Å²) >= 11 is 0. The third-order valence-corrected chi connectivity index (χ3v) is 4.68. The maximum absolute atomic E-state index is 12.7. The molecule has 1 heterocycles. The van der Waals surface area contributed by atoms with Crippen LogP contribution < -0.4 is 15.0 Å². The SMILES string of the molecule is CCOc1ccccc1N1C[C@H](C(=O)Nc2ccc(C(=O)OC(C)C)cc2)CC1=O. The fourth-order valence-corrected chi connectivity index (χ4v) is 3.29. The minimum Gasteiger partial charge on any atom is -0.492 e. The summed E-state index contributed by atoms with van der Waals surface area (Å²) in [6.07, 6.45) is -0.0713. The molecule has 1 aliphatic heterocycles. The molecule has 1 aliphatic rings. The van der Waals surface area contributed by atoms with E-state index >= 15 is 0 Å². The lowest BCUT2D eigenvalue weighted by Crippen LogP contribution is -2.28.